The van der Waals surface area contributed by atoms with E-state index >= 15 is 0 Å². The molecule has 9 rings (SSSR count). The summed E-state index contributed by atoms with van der Waals surface area (Å²) in [4.78, 5) is 10.2. The number of nitrogens with zero attached hydrogens (tertiary/aromatic N) is 2. The van der Waals surface area contributed by atoms with Gasteiger partial charge in [-0.2, -0.15) is 0 Å². The van der Waals surface area contributed by atoms with Crippen LogP contribution in [0.1, 0.15) is 31.9 Å². The number of fused-ring (bicyclic) bond motifs is 5. The van der Waals surface area contributed by atoms with Gasteiger partial charge in [0, 0.05) is 33.7 Å². The summed E-state index contributed by atoms with van der Waals surface area (Å²) in [7, 11) is 0. The Balaban J connectivity index is 1.25. The van der Waals surface area contributed by atoms with Crippen molar-refractivity contribution in [1.82, 2.24) is 4.98 Å². The monoisotopic (exact) mass is 646 g/mol. The maximum absolute atomic E-state index is 6.71. The molecular weight excluding hydrogens is 613 g/mol. The average Bonchev–Trinajstić information content (AvgIpc) is 3.76. The molecule has 2 aromatic heterocycles. The highest BCUT2D eigenvalue weighted by molar-refractivity contribution is 6.17. The molecule has 0 radical (unpaired) electrons. The highest BCUT2D eigenvalue weighted by atomic mass is 16.3. The summed E-state index contributed by atoms with van der Waals surface area (Å²) >= 11 is 0. The number of furan rings is 1. The van der Waals surface area contributed by atoms with Crippen LogP contribution in [0.25, 0.3) is 77.5 Å². The number of rotatable bonds is 5. The van der Waals surface area contributed by atoms with Gasteiger partial charge in [-0.25, -0.2) is 4.98 Å². The Labute approximate surface area is 290 Å². The molecule has 0 spiro atoms. The van der Waals surface area contributed by atoms with Gasteiger partial charge in [-0.15, -0.1) is 0 Å². The summed E-state index contributed by atoms with van der Waals surface area (Å²) < 4.78 is 13.4. The molecule has 0 aliphatic heterocycles. The maximum atomic E-state index is 6.71. The van der Waals surface area contributed by atoms with Gasteiger partial charge in [-0.05, 0) is 69.3 Å². The molecule has 0 fully saturated rings. The summed E-state index contributed by atoms with van der Waals surface area (Å²) in [5.41, 5.74) is 11.1. The Morgan fingerprint density at radius 3 is 2.16 bits per heavy atom. The third kappa shape index (κ3) is 5.08. The van der Waals surface area contributed by atoms with Gasteiger partial charge in [0.25, 0.3) is 0 Å². The summed E-state index contributed by atoms with van der Waals surface area (Å²) in [6.45, 7) is 6.67. The van der Waals surface area contributed by atoms with Crippen molar-refractivity contribution in [3.05, 3.63) is 157 Å². The minimum absolute atomic E-state index is 0.131. The molecule has 2 heterocycles. The molecule has 0 aliphatic carbocycles. The van der Waals surface area contributed by atoms with Crippen molar-refractivity contribution in [2.45, 2.75) is 26.2 Å². The fraction of sp³-hybridized carbons (Fsp3) is 0.0870. The minimum Gasteiger partial charge on any atom is -0.455 e. The first-order valence-corrected chi connectivity index (χ1v) is 17.0. The Morgan fingerprint density at radius 1 is 0.580 bits per heavy atom. The summed E-state index contributed by atoms with van der Waals surface area (Å²) in [6, 6.07) is 50.2. The maximum Gasteiger partial charge on any atom is 0.229 e. The first kappa shape index (κ1) is 29.8. The van der Waals surface area contributed by atoms with E-state index in [9.17, 15) is 0 Å². The predicted octanol–water partition coefficient (Wildman–Crippen LogP) is 12.9. The van der Waals surface area contributed by atoms with Crippen LogP contribution in [0.3, 0.4) is 0 Å². The average molecular weight is 647 g/mol. The third-order valence-electron chi connectivity index (χ3n) is 9.56. The molecule has 0 atom stereocenters. The zero-order chi connectivity index (χ0) is 33.8. The smallest absolute Gasteiger partial charge is 0.229 e. The van der Waals surface area contributed by atoms with Crippen LogP contribution in [0, 0.1) is 0 Å². The summed E-state index contributed by atoms with van der Waals surface area (Å²) in [5.74, 6) is 0.528. The van der Waals surface area contributed by atoms with Gasteiger partial charge in [0.15, 0.2) is 5.58 Å². The minimum atomic E-state index is -0.131. The van der Waals surface area contributed by atoms with Crippen LogP contribution in [-0.2, 0) is 5.41 Å². The number of para-hydroxylation sites is 2. The molecule has 4 heteroatoms. The molecule has 0 amide bonds. The van der Waals surface area contributed by atoms with Crippen LogP contribution in [0.4, 0.5) is 5.69 Å². The number of hydrogen-bond acceptors (Lipinski definition) is 4. The second-order valence-corrected chi connectivity index (χ2v) is 13.8. The van der Waals surface area contributed by atoms with Crippen LogP contribution >= 0.6 is 0 Å². The van der Waals surface area contributed by atoms with Crippen LogP contribution in [0.5, 0.6) is 0 Å². The molecule has 240 valence electrons. The van der Waals surface area contributed by atoms with Crippen molar-refractivity contribution in [2.24, 2.45) is 4.99 Å². The predicted molar refractivity (Wildman–Crippen MR) is 207 cm³/mol. The SMILES string of the molecule is CC(C)(C)c1cc(-c2ccc(-c3ccccc3)c3c2oc2ccccc23)c2nc(-c3ccccc3N=Cc3cccc4ccccc34)oc2c1. The third-order valence-corrected chi connectivity index (χ3v) is 9.56. The Bertz CT molecular complexity index is 2740. The fourth-order valence-corrected chi connectivity index (χ4v) is 6.95. The van der Waals surface area contributed by atoms with Crippen LogP contribution < -0.4 is 0 Å². The number of aliphatic imine (C=N–C) groups is 1. The highest BCUT2D eigenvalue weighted by Crippen LogP contribution is 2.45. The van der Waals surface area contributed by atoms with Gasteiger partial charge in [0.05, 0.1) is 11.3 Å². The molecule has 0 aliphatic rings. The van der Waals surface area contributed by atoms with E-state index in [1.165, 1.54) is 5.39 Å². The summed E-state index contributed by atoms with van der Waals surface area (Å²) in [6.07, 6.45) is 1.93. The van der Waals surface area contributed by atoms with Crippen LogP contribution in [-0.4, -0.2) is 11.2 Å². The van der Waals surface area contributed by atoms with Gasteiger partial charge >= 0.3 is 0 Å². The number of hydrogen-bond donors (Lipinski definition) is 0. The van der Waals surface area contributed by atoms with Crippen molar-refractivity contribution in [2.75, 3.05) is 0 Å². The molecule has 9 aromatic rings. The van der Waals surface area contributed by atoms with Crippen molar-refractivity contribution < 1.29 is 8.83 Å². The van der Waals surface area contributed by atoms with Gasteiger partial charge in [0.2, 0.25) is 5.89 Å². The lowest BCUT2D eigenvalue weighted by atomic mass is 9.84. The first-order valence-electron chi connectivity index (χ1n) is 17.0. The molecule has 7 aromatic carbocycles. The standard InChI is InChI=1S/C46H34N2O2/c1-46(2,3)32-26-38(35-25-24-34(30-14-5-4-6-15-30)42-37-21-10-12-23-40(37)49-44(35)42)43-41(27-32)50-45(48-43)36-20-9-11-22-39(36)47-28-31-18-13-17-29-16-7-8-19-33(29)31/h4-28H,1-3H3. The van der Waals surface area contributed by atoms with E-state index in [2.05, 4.69) is 124 Å². The van der Waals surface area contributed by atoms with Gasteiger partial charge in [-0.1, -0.05) is 130 Å². The zero-order valence-corrected chi connectivity index (χ0v) is 28.1. The first-order chi connectivity index (χ1) is 24.4. The Kier molecular flexibility index (Phi) is 6.99. The molecule has 0 bridgehead atoms. The van der Waals surface area contributed by atoms with E-state index < -0.39 is 0 Å². The van der Waals surface area contributed by atoms with Crippen molar-refractivity contribution in [1.29, 1.82) is 0 Å². The van der Waals surface area contributed by atoms with Gasteiger partial charge in [0.1, 0.15) is 16.7 Å². The Hall–Kier alpha value is -6.26. The largest absolute Gasteiger partial charge is 0.455 e. The van der Waals surface area contributed by atoms with E-state index in [0.29, 0.717) is 5.89 Å². The zero-order valence-electron chi connectivity index (χ0n) is 28.1. The lowest BCUT2D eigenvalue weighted by molar-refractivity contribution is 0.584. The molecule has 0 unspecified atom stereocenters. The van der Waals surface area contributed by atoms with E-state index in [4.69, 9.17) is 18.8 Å². The van der Waals surface area contributed by atoms with E-state index in [1.807, 2.05) is 48.7 Å². The molecule has 4 nitrogen and oxygen atoms in total. The van der Waals surface area contributed by atoms with Gasteiger partial charge < -0.3 is 8.83 Å². The second-order valence-electron chi connectivity index (χ2n) is 13.8. The Morgan fingerprint density at radius 2 is 1.30 bits per heavy atom. The van der Waals surface area contributed by atoms with Crippen LogP contribution in [0.15, 0.2) is 159 Å². The van der Waals surface area contributed by atoms with Gasteiger partial charge in [-0.3, -0.25) is 4.99 Å². The lowest BCUT2D eigenvalue weighted by Crippen LogP contribution is -2.11. The van der Waals surface area contributed by atoms with E-state index in [-0.39, 0.29) is 5.41 Å². The van der Waals surface area contributed by atoms with Crippen LogP contribution in [0.2, 0.25) is 0 Å². The lowest BCUT2D eigenvalue weighted by Gasteiger charge is -2.20. The number of oxazole rings is 1. The topological polar surface area (TPSA) is 51.5 Å². The van der Waals surface area contributed by atoms with Crippen molar-refractivity contribution in [3.8, 4) is 33.7 Å². The summed E-state index contributed by atoms with van der Waals surface area (Å²) in [5, 5.41) is 4.52. The van der Waals surface area contributed by atoms with E-state index in [0.717, 1.165) is 83.1 Å². The van der Waals surface area contributed by atoms with Crippen molar-refractivity contribution in [3.63, 3.8) is 0 Å². The second kappa shape index (κ2) is 11.7. The quantitative estimate of drug-likeness (QED) is 0.175. The number of benzene rings is 7. The number of aromatic nitrogens is 1. The fourth-order valence-electron chi connectivity index (χ4n) is 6.95. The van der Waals surface area contributed by atoms with E-state index in [1.54, 1.807) is 0 Å². The highest BCUT2D eigenvalue weighted by Gasteiger charge is 2.24. The molecule has 0 saturated heterocycles. The molecule has 0 N–H and O–H groups in total. The molecule has 0 saturated carbocycles. The van der Waals surface area contributed by atoms with Crippen molar-refractivity contribution >= 4 is 55.7 Å². The molecule has 50 heavy (non-hydrogen) atoms. The molecular formula is C46H34N2O2. The normalized spacial score (nSPS) is 12.2.